The van der Waals surface area contributed by atoms with Crippen LogP contribution < -0.4 is 10.2 Å². The van der Waals surface area contributed by atoms with Gasteiger partial charge in [-0.25, -0.2) is 4.98 Å². The normalized spacial score (nSPS) is 18.7. The number of piperazine rings is 1. The van der Waals surface area contributed by atoms with Crippen LogP contribution in [0.5, 0.6) is 0 Å². The summed E-state index contributed by atoms with van der Waals surface area (Å²) >= 11 is 0. The zero-order valence-electron chi connectivity index (χ0n) is 21.2. The average molecular weight is 476 g/mol. The van der Waals surface area contributed by atoms with Gasteiger partial charge in [-0.05, 0) is 57.1 Å². The van der Waals surface area contributed by atoms with E-state index in [1.54, 1.807) is 0 Å². The van der Waals surface area contributed by atoms with Crippen LogP contribution in [0.4, 0.5) is 5.82 Å². The fourth-order valence-electron chi connectivity index (χ4n) is 5.44. The molecule has 3 aromatic heterocycles. The maximum atomic E-state index is 12.2. The molecule has 8 heteroatoms. The molecule has 1 amide bonds. The first-order valence-electron chi connectivity index (χ1n) is 12.9. The largest absolute Gasteiger partial charge is 0.355 e. The summed E-state index contributed by atoms with van der Waals surface area (Å²) < 4.78 is 2.26. The Bertz CT molecular complexity index is 1180. The van der Waals surface area contributed by atoms with Crippen molar-refractivity contribution in [2.45, 2.75) is 51.7 Å². The third-order valence-corrected chi connectivity index (χ3v) is 7.50. The van der Waals surface area contributed by atoms with Crippen molar-refractivity contribution in [1.29, 1.82) is 0 Å². The minimum absolute atomic E-state index is 0.0572. The lowest BCUT2D eigenvalue weighted by atomic mass is 9.91. The highest BCUT2D eigenvalue weighted by atomic mass is 16.1. The van der Waals surface area contributed by atoms with Gasteiger partial charge in [-0.1, -0.05) is 19.1 Å². The maximum Gasteiger partial charge on any atom is 0.220 e. The van der Waals surface area contributed by atoms with Gasteiger partial charge in [-0.15, -0.1) is 0 Å². The first kappa shape index (κ1) is 23.8. The second-order valence-electron chi connectivity index (χ2n) is 9.87. The van der Waals surface area contributed by atoms with Crippen LogP contribution in [0.1, 0.15) is 54.9 Å². The molecule has 1 fully saturated rings. The van der Waals surface area contributed by atoms with Gasteiger partial charge >= 0.3 is 0 Å². The highest BCUT2D eigenvalue weighted by molar-refractivity contribution is 5.75. The van der Waals surface area contributed by atoms with Gasteiger partial charge in [-0.2, -0.15) is 0 Å². The zero-order valence-corrected chi connectivity index (χ0v) is 21.2. The lowest BCUT2D eigenvalue weighted by Crippen LogP contribution is -2.45. The maximum absolute atomic E-state index is 12.2. The number of amides is 1. The SMILES string of the molecule is CCC(=O)NCc1c(CN(C)[C@H]2CCCc3cccnc32)nc2cccc(N3CCN(C)CC3)n12. The summed E-state index contributed by atoms with van der Waals surface area (Å²) in [6.07, 6.45) is 5.75. The van der Waals surface area contributed by atoms with Crippen molar-refractivity contribution in [3.05, 3.63) is 59.2 Å². The number of nitrogens with zero attached hydrogens (tertiary/aromatic N) is 6. The fourth-order valence-corrected chi connectivity index (χ4v) is 5.44. The average Bonchev–Trinajstić information content (AvgIpc) is 3.24. The van der Waals surface area contributed by atoms with Crippen molar-refractivity contribution < 1.29 is 4.79 Å². The van der Waals surface area contributed by atoms with Crippen LogP contribution in [-0.2, 0) is 24.3 Å². The van der Waals surface area contributed by atoms with Gasteiger partial charge in [-0.3, -0.25) is 19.1 Å². The zero-order chi connectivity index (χ0) is 24.4. The van der Waals surface area contributed by atoms with Crippen LogP contribution >= 0.6 is 0 Å². The fraction of sp³-hybridized carbons (Fsp3) is 0.519. The third kappa shape index (κ3) is 4.90. The van der Waals surface area contributed by atoms with Crippen molar-refractivity contribution in [1.82, 2.24) is 29.5 Å². The van der Waals surface area contributed by atoms with Gasteiger partial charge in [0.2, 0.25) is 5.91 Å². The topological polar surface area (TPSA) is 69.0 Å². The number of pyridine rings is 2. The summed E-state index contributed by atoms with van der Waals surface area (Å²) in [5, 5.41) is 3.12. The second kappa shape index (κ2) is 10.3. The van der Waals surface area contributed by atoms with E-state index < -0.39 is 0 Å². The van der Waals surface area contributed by atoms with Crippen LogP contribution in [0.2, 0.25) is 0 Å². The molecule has 4 heterocycles. The van der Waals surface area contributed by atoms with Crippen molar-refractivity contribution >= 4 is 17.4 Å². The summed E-state index contributed by atoms with van der Waals surface area (Å²) in [6.45, 7) is 7.11. The Balaban J connectivity index is 1.50. The van der Waals surface area contributed by atoms with Gasteiger partial charge in [0.1, 0.15) is 11.5 Å². The highest BCUT2D eigenvalue weighted by Gasteiger charge is 2.27. The number of nitrogens with one attached hydrogen (secondary N) is 1. The molecule has 3 aromatic rings. The number of rotatable bonds is 7. The van der Waals surface area contributed by atoms with E-state index in [4.69, 9.17) is 9.97 Å². The molecule has 1 aliphatic carbocycles. The summed E-state index contributed by atoms with van der Waals surface area (Å²) in [5.74, 6) is 1.21. The minimum atomic E-state index is 0.0572. The summed E-state index contributed by atoms with van der Waals surface area (Å²) in [5.41, 5.74) is 5.59. The van der Waals surface area contributed by atoms with E-state index in [0.717, 1.165) is 61.9 Å². The van der Waals surface area contributed by atoms with Crippen molar-refractivity contribution in [2.75, 3.05) is 45.2 Å². The van der Waals surface area contributed by atoms with E-state index in [-0.39, 0.29) is 11.9 Å². The van der Waals surface area contributed by atoms with Crippen LogP contribution in [0.3, 0.4) is 0 Å². The number of fused-ring (bicyclic) bond motifs is 2. The molecule has 1 N–H and O–H groups in total. The van der Waals surface area contributed by atoms with Gasteiger partial charge < -0.3 is 15.1 Å². The number of hydrogen-bond acceptors (Lipinski definition) is 6. The number of imidazole rings is 1. The van der Waals surface area contributed by atoms with Gasteiger partial charge in [0.15, 0.2) is 0 Å². The molecule has 0 aromatic carbocycles. The molecule has 8 nitrogen and oxygen atoms in total. The molecule has 186 valence electrons. The van der Waals surface area contributed by atoms with Crippen LogP contribution in [-0.4, -0.2) is 70.4 Å². The van der Waals surface area contributed by atoms with Crippen molar-refractivity contribution in [3.8, 4) is 0 Å². The molecule has 2 aliphatic rings. The molecule has 1 saturated heterocycles. The minimum Gasteiger partial charge on any atom is -0.355 e. The number of anilines is 1. The first-order chi connectivity index (χ1) is 17.0. The van der Waals surface area contributed by atoms with E-state index in [0.29, 0.717) is 19.5 Å². The monoisotopic (exact) mass is 475 g/mol. The molecular weight excluding hydrogens is 438 g/mol. The quantitative estimate of drug-likeness (QED) is 0.567. The Hall–Kier alpha value is -2.97. The highest BCUT2D eigenvalue weighted by Crippen LogP contribution is 2.33. The number of aromatic nitrogens is 3. The van der Waals surface area contributed by atoms with E-state index in [9.17, 15) is 4.79 Å². The lowest BCUT2D eigenvalue weighted by molar-refractivity contribution is -0.120. The number of carbonyl (C=O) groups excluding carboxylic acids is 1. The van der Waals surface area contributed by atoms with Crippen molar-refractivity contribution in [2.24, 2.45) is 0 Å². The molecule has 0 bridgehead atoms. The molecule has 0 radical (unpaired) electrons. The third-order valence-electron chi connectivity index (χ3n) is 7.50. The van der Waals surface area contributed by atoms with Crippen molar-refractivity contribution in [3.63, 3.8) is 0 Å². The molecule has 1 aliphatic heterocycles. The lowest BCUT2D eigenvalue weighted by Gasteiger charge is -2.34. The predicted molar refractivity (Wildman–Crippen MR) is 138 cm³/mol. The molecule has 5 rings (SSSR count). The Kier molecular flexibility index (Phi) is 7.02. The summed E-state index contributed by atoms with van der Waals surface area (Å²) in [6, 6.07) is 10.9. The van der Waals surface area contributed by atoms with Crippen LogP contribution in [0, 0.1) is 0 Å². The van der Waals surface area contributed by atoms with E-state index in [2.05, 4.69) is 62.8 Å². The van der Waals surface area contributed by atoms with E-state index in [1.165, 1.54) is 17.7 Å². The van der Waals surface area contributed by atoms with Crippen LogP contribution in [0.25, 0.3) is 5.65 Å². The Labute approximate surface area is 207 Å². The number of likely N-dealkylation sites (N-methyl/N-ethyl adjacent to an activating group) is 1. The summed E-state index contributed by atoms with van der Waals surface area (Å²) in [7, 11) is 4.35. The summed E-state index contributed by atoms with van der Waals surface area (Å²) in [4.78, 5) is 29.2. The molecule has 0 unspecified atom stereocenters. The molecule has 1 atom stereocenters. The van der Waals surface area contributed by atoms with Crippen LogP contribution in [0.15, 0.2) is 36.5 Å². The van der Waals surface area contributed by atoms with E-state index >= 15 is 0 Å². The first-order valence-corrected chi connectivity index (χ1v) is 12.9. The number of hydrogen-bond donors (Lipinski definition) is 1. The Morgan fingerprint density at radius 3 is 2.80 bits per heavy atom. The van der Waals surface area contributed by atoms with Gasteiger partial charge in [0.25, 0.3) is 0 Å². The number of aryl methyl sites for hydroxylation is 1. The smallest absolute Gasteiger partial charge is 0.220 e. The molecule has 0 spiro atoms. The molecule has 0 saturated carbocycles. The number of carbonyl (C=O) groups is 1. The second-order valence-corrected chi connectivity index (χ2v) is 9.87. The van der Waals surface area contributed by atoms with Gasteiger partial charge in [0.05, 0.1) is 29.7 Å². The van der Waals surface area contributed by atoms with E-state index in [1.807, 2.05) is 19.2 Å². The molecular formula is C27H37N7O. The standard InChI is InChI=1S/C27H37N7O/c1-4-25(35)29-18-23-21(19-32(3)22-10-5-8-20-9-7-13-28-27(20)22)30-24-11-6-12-26(34(23)24)33-16-14-31(2)15-17-33/h6-7,9,11-13,22H,4-5,8,10,14-19H2,1-3H3,(H,29,35)/t22-/m0/s1. The predicted octanol–water partition coefficient (Wildman–Crippen LogP) is 3.02. The molecule has 35 heavy (non-hydrogen) atoms. The Morgan fingerprint density at radius 1 is 1.17 bits per heavy atom. The Morgan fingerprint density at radius 2 is 2.00 bits per heavy atom. The van der Waals surface area contributed by atoms with Gasteiger partial charge in [0, 0.05) is 45.3 Å².